The molecule has 3 aromatic rings. The summed E-state index contributed by atoms with van der Waals surface area (Å²) in [5, 5.41) is 24.2. The van der Waals surface area contributed by atoms with E-state index in [1.807, 2.05) is 42.5 Å². The van der Waals surface area contributed by atoms with Crippen molar-refractivity contribution in [3.8, 4) is 17.4 Å². The van der Waals surface area contributed by atoms with Crippen molar-refractivity contribution in [3.63, 3.8) is 0 Å². The highest BCUT2D eigenvalue weighted by molar-refractivity contribution is 5.95. The largest absolute Gasteiger partial charge is 0.491 e. The number of aliphatic hydroxyl groups excluding tert-OH is 1. The first-order valence-electron chi connectivity index (χ1n) is 11.1. The van der Waals surface area contributed by atoms with E-state index in [2.05, 4.69) is 10.3 Å². The molecule has 0 aliphatic rings. The third-order valence-corrected chi connectivity index (χ3v) is 5.25. The number of rotatable bonds is 12. The molecule has 2 aromatic carbocycles. The van der Waals surface area contributed by atoms with Crippen LogP contribution in [0.4, 0.5) is 0 Å². The Hall–Kier alpha value is -3.46. The molecule has 0 fully saturated rings. The minimum atomic E-state index is -1.03. The van der Waals surface area contributed by atoms with Crippen LogP contribution in [0.25, 0.3) is 0 Å². The van der Waals surface area contributed by atoms with Crippen LogP contribution in [0, 0.1) is 0 Å². The zero-order chi connectivity index (χ0) is 24.6. The van der Waals surface area contributed by atoms with Crippen LogP contribution in [0.3, 0.4) is 0 Å². The Morgan fingerprint density at radius 1 is 1.06 bits per heavy atom. The summed E-state index contributed by atoms with van der Waals surface area (Å²) < 4.78 is 11.3. The summed E-state index contributed by atoms with van der Waals surface area (Å²) in [6.45, 7) is 3.85. The standard InChI is InChI=1S/C26H31N3O5/c1-26(2,32)23(29-16-19(30)17-33-20-7-4-3-5-8-20)15-18-10-12-21(13-11-18)34-25-22(24(27)31)9-6-14-28-25/h3-14,19,23,29-30,32H,15-17H2,1-2H3,(H2,27,31)/t19-,23-/m0/s1. The Kier molecular flexibility index (Phi) is 8.59. The molecule has 2 atom stereocenters. The topological polar surface area (TPSA) is 127 Å². The van der Waals surface area contributed by atoms with E-state index in [9.17, 15) is 15.0 Å². The van der Waals surface area contributed by atoms with Crippen LogP contribution in [0.2, 0.25) is 0 Å². The molecule has 1 amide bonds. The maximum atomic E-state index is 11.5. The fourth-order valence-electron chi connectivity index (χ4n) is 3.32. The monoisotopic (exact) mass is 465 g/mol. The van der Waals surface area contributed by atoms with Gasteiger partial charge < -0.3 is 30.7 Å². The molecule has 0 aliphatic heterocycles. The molecule has 8 nitrogen and oxygen atoms in total. The second kappa shape index (κ2) is 11.6. The van der Waals surface area contributed by atoms with Gasteiger partial charge in [0.05, 0.1) is 5.60 Å². The Morgan fingerprint density at radius 3 is 2.41 bits per heavy atom. The molecule has 5 N–H and O–H groups in total. The van der Waals surface area contributed by atoms with Gasteiger partial charge in [0.25, 0.3) is 5.91 Å². The maximum Gasteiger partial charge on any atom is 0.254 e. The number of para-hydroxylation sites is 1. The third kappa shape index (κ3) is 7.55. The van der Waals surface area contributed by atoms with Crippen molar-refractivity contribution >= 4 is 5.91 Å². The molecule has 1 aromatic heterocycles. The highest BCUT2D eigenvalue weighted by atomic mass is 16.5. The van der Waals surface area contributed by atoms with Gasteiger partial charge >= 0.3 is 0 Å². The minimum Gasteiger partial charge on any atom is -0.491 e. The van der Waals surface area contributed by atoms with Crippen LogP contribution in [0.15, 0.2) is 72.9 Å². The number of carbonyl (C=O) groups is 1. The summed E-state index contributed by atoms with van der Waals surface area (Å²) in [6, 6.07) is 19.4. The SMILES string of the molecule is CC(C)(O)[C@H](Cc1ccc(Oc2ncccc2C(N)=O)cc1)NC[C@H](O)COc1ccccc1. The van der Waals surface area contributed by atoms with Crippen molar-refractivity contribution in [2.75, 3.05) is 13.2 Å². The molecule has 1 heterocycles. The molecule has 0 aliphatic carbocycles. The lowest BCUT2D eigenvalue weighted by atomic mass is 9.92. The summed E-state index contributed by atoms with van der Waals surface area (Å²) in [7, 11) is 0. The number of aliphatic hydroxyl groups is 2. The molecular formula is C26H31N3O5. The van der Waals surface area contributed by atoms with Gasteiger partial charge in [-0.3, -0.25) is 4.79 Å². The number of nitrogens with two attached hydrogens (primary N) is 1. The van der Waals surface area contributed by atoms with Gasteiger partial charge in [-0.05, 0) is 62.2 Å². The molecular weight excluding hydrogens is 434 g/mol. The van der Waals surface area contributed by atoms with Gasteiger partial charge in [0, 0.05) is 18.8 Å². The van der Waals surface area contributed by atoms with Gasteiger partial charge in [0.2, 0.25) is 5.88 Å². The molecule has 0 saturated carbocycles. The average molecular weight is 466 g/mol. The molecule has 0 radical (unpaired) electrons. The zero-order valence-corrected chi connectivity index (χ0v) is 19.3. The molecule has 0 bridgehead atoms. The number of amides is 1. The Bertz CT molecular complexity index is 1050. The molecule has 0 saturated heterocycles. The fourth-order valence-corrected chi connectivity index (χ4v) is 3.32. The minimum absolute atomic E-state index is 0.141. The Balaban J connectivity index is 1.57. The number of aromatic nitrogens is 1. The lowest BCUT2D eigenvalue weighted by molar-refractivity contribution is 0.0281. The van der Waals surface area contributed by atoms with Crippen LogP contribution in [0.1, 0.15) is 29.8 Å². The molecule has 0 unspecified atom stereocenters. The van der Waals surface area contributed by atoms with E-state index in [1.54, 1.807) is 38.1 Å². The van der Waals surface area contributed by atoms with Gasteiger partial charge in [-0.25, -0.2) is 4.98 Å². The van der Waals surface area contributed by atoms with Crippen molar-refractivity contribution in [2.45, 2.75) is 38.0 Å². The van der Waals surface area contributed by atoms with Gasteiger partial charge in [0.15, 0.2) is 0 Å². The average Bonchev–Trinajstić information content (AvgIpc) is 2.81. The van der Waals surface area contributed by atoms with E-state index in [4.69, 9.17) is 15.2 Å². The van der Waals surface area contributed by atoms with Crippen molar-refractivity contribution < 1.29 is 24.5 Å². The zero-order valence-electron chi connectivity index (χ0n) is 19.3. The van der Waals surface area contributed by atoms with Crippen LogP contribution in [0.5, 0.6) is 17.4 Å². The predicted octanol–water partition coefficient (Wildman–Crippen LogP) is 2.68. The van der Waals surface area contributed by atoms with Crippen LogP contribution >= 0.6 is 0 Å². The van der Waals surface area contributed by atoms with E-state index in [1.165, 1.54) is 6.20 Å². The van der Waals surface area contributed by atoms with Gasteiger partial charge in [0.1, 0.15) is 29.8 Å². The van der Waals surface area contributed by atoms with Crippen LogP contribution < -0.4 is 20.5 Å². The quantitative estimate of drug-likeness (QED) is 0.324. The van der Waals surface area contributed by atoms with Crippen molar-refractivity contribution in [1.82, 2.24) is 10.3 Å². The number of hydrogen-bond acceptors (Lipinski definition) is 7. The number of primary amides is 1. The van der Waals surface area contributed by atoms with Crippen molar-refractivity contribution in [2.24, 2.45) is 5.73 Å². The first-order chi connectivity index (χ1) is 16.2. The Morgan fingerprint density at radius 2 is 1.76 bits per heavy atom. The highest BCUT2D eigenvalue weighted by Gasteiger charge is 2.27. The van der Waals surface area contributed by atoms with Crippen molar-refractivity contribution in [3.05, 3.63) is 84.1 Å². The molecule has 3 rings (SSSR count). The van der Waals surface area contributed by atoms with Gasteiger partial charge in [-0.15, -0.1) is 0 Å². The smallest absolute Gasteiger partial charge is 0.254 e. The summed E-state index contributed by atoms with van der Waals surface area (Å²) in [6.07, 6.45) is 1.31. The number of nitrogens with zero attached hydrogens (tertiary/aromatic N) is 1. The third-order valence-electron chi connectivity index (χ3n) is 5.25. The van der Waals surface area contributed by atoms with Gasteiger partial charge in [-0.2, -0.15) is 0 Å². The number of pyridine rings is 1. The van der Waals surface area contributed by atoms with Gasteiger partial charge in [-0.1, -0.05) is 30.3 Å². The van der Waals surface area contributed by atoms with Crippen LogP contribution in [-0.4, -0.2) is 52.0 Å². The molecule has 180 valence electrons. The lowest BCUT2D eigenvalue weighted by Gasteiger charge is -2.31. The van der Waals surface area contributed by atoms with E-state index in [-0.39, 0.29) is 30.6 Å². The normalized spacial score (nSPS) is 13.2. The number of carbonyl (C=O) groups excluding carboxylic acids is 1. The van der Waals surface area contributed by atoms with E-state index in [0.29, 0.717) is 17.9 Å². The summed E-state index contributed by atoms with van der Waals surface area (Å²) in [5.41, 5.74) is 5.50. The number of hydrogen-bond donors (Lipinski definition) is 4. The first-order valence-corrected chi connectivity index (χ1v) is 11.1. The van der Waals surface area contributed by atoms with E-state index >= 15 is 0 Å². The lowest BCUT2D eigenvalue weighted by Crippen LogP contribution is -2.50. The first kappa shape index (κ1) is 25.2. The van der Waals surface area contributed by atoms with E-state index in [0.717, 1.165) is 5.56 Å². The van der Waals surface area contributed by atoms with Crippen molar-refractivity contribution in [1.29, 1.82) is 0 Å². The summed E-state index contributed by atoms with van der Waals surface area (Å²) in [4.78, 5) is 15.6. The fraction of sp³-hybridized carbons (Fsp3) is 0.308. The Labute approximate surface area is 199 Å². The summed E-state index contributed by atoms with van der Waals surface area (Å²) in [5.74, 6) is 0.725. The number of benzene rings is 2. The maximum absolute atomic E-state index is 11.5. The van der Waals surface area contributed by atoms with E-state index < -0.39 is 17.6 Å². The highest BCUT2D eigenvalue weighted by Crippen LogP contribution is 2.24. The number of nitrogens with one attached hydrogen (secondary N) is 1. The summed E-state index contributed by atoms with van der Waals surface area (Å²) >= 11 is 0. The molecule has 34 heavy (non-hydrogen) atoms. The second-order valence-electron chi connectivity index (χ2n) is 8.56. The second-order valence-corrected chi connectivity index (χ2v) is 8.56. The molecule has 8 heteroatoms. The number of ether oxygens (including phenoxy) is 2. The predicted molar refractivity (Wildman–Crippen MR) is 129 cm³/mol. The molecule has 0 spiro atoms. The van der Waals surface area contributed by atoms with Crippen LogP contribution in [-0.2, 0) is 6.42 Å².